The quantitative estimate of drug-likeness (QED) is 0.572. The van der Waals surface area contributed by atoms with E-state index in [1.165, 1.54) is 19.1 Å². The Morgan fingerprint density at radius 2 is 1.68 bits per heavy atom. The molecule has 25 heavy (non-hydrogen) atoms. The van der Waals surface area contributed by atoms with Gasteiger partial charge >= 0.3 is 0 Å². The van der Waals surface area contributed by atoms with Crippen molar-refractivity contribution in [2.45, 2.75) is 52.6 Å². The molecule has 0 fully saturated rings. The van der Waals surface area contributed by atoms with Gasteiger partial charge in [-0.2, -0.15) is 0 Å². The molecular weight excluding hydrogens is 322 g/mol. The molecule has 0 radical (unpaired) electrons. The van der Waals surface area contributed by atoms with Crippen molar-refractivity contribution < 1.29 is 19.2 Å². The highest BCUT2D eigenvalue weighted by atomic mass is 16.2. The fraction of sp³-hybridized carbons (Fsp3) is 0.556. The van der Waals surface area contributed by atoms with Crippen LogP contribution < -0.4 is 10.6 Å². The van der Waals surface area contributed by atoms with E-state index in [1.54, 1.807) is 6.92 Å². The Kier molecular flexibility index (Phi) is 7.54. The molecule has 1 rings (SSSR count). The molecule has 0 aromatic rings. The molecule has 1 aliphatic heterocycles. The third-order valence-corrected chi connectivity index (χ3v) is 3.94. The lowest BCUT2D eigenvalue weighted by Crippen LogP contribution is -2.45. The van der Waals surface area contributed by atoms with Crippen LogP contribution in [0.4, 0.5) is 0 Å². The SMILES string of the molecule is C=C(NC(C)C(C)=O)C(CC(C)C)NC(=O)CCN1C(=O)C=CC1=O. The molecular formula is C18H27N3O4. The molecule has 0 spiro atoms. The van der Waals surface area contributed by atoms with Crippen LogP contribution >= 0.6 is 0 Å². The second kappa shape index (κ2) is 9.15. The lowest BCUT2D eigenvalue weighted by Gasteiger charge is -2.26. The third kappa shape index (κ3) is 6.52. The topological polar surface area (TPSA) is 95.6 Å². The number of hydrogen-bond donors (Lipinski definition) is 2. The molecule has 2 unspecified atom stereocenters. The highest BCUT2D eigenvalue weighted by Crippen LogP contribution is 2.11. The zero-order valence-corrected chi connectivity index (χ0v) is 15.3. The van der Waals surface area contributed by atoms with Crippen molar-refractivity contribution in [3.63, 3.8) is 0 Å². The summed E-state index contributed by atoms with van der Waals surface area (Å²) >= 11 is 0. The van der Waals surface area contributed by atoms with Crippen molar-refractivity contribution in [3.05, 3.63) is 24.4 Å². The van der Waals surface area contributed by atoms with Crippen molar-refractivity contribution in [2.24, 2.45) is 5.92 Å². The standard InChI is InChI=1S/C18H27N3O4/c1-11(2)10-15(13(4)19-12(3)14(5)22)20-16(23)8-9-21-17(24)6-7-18(21)25/h6-7,11-12,15,19H,4,8-10H2,1-3,5H3,(H,20,23). The van der Waals surface area contributed by atoms with Crippen LogP contribution in [-0.2, 0) is 19.2 Å². The zero-order chi connectivity index (χ0) is 19.1. The number of rotatable bonds is 10. The smallest absolute Gasteiger partial charge is 0.253 e. The van der Waals surface area contributed by atoms with E-state index in [0.29, 0.717) is 18.0 Å². The van der Waals surface area contributed by atoms with E-state index < -0.39 is 11.8 Å². The molecule has 0 bridgehead atoms. The molecule has 0 saturated heterocycles. The van der Waals surface area contributed by atoms with Gasteiger partial charge in [0.2, 0.25) is 5.91 Å². The second-order valence-electron chi connectivity index (χ2n) is 6.66. The summed E-state index contributed by atoms with van der Waals surface area (Å²) in [6.07, 6.45) is 3.06. The van der Waals surface area contributed by atoms with E-state index in [2.05, 4.69) is 17.2 Å². The minimum Gasteiger partial charge on any atom is -0.378 e. The van der Waals surface area contributed by atoms with E-state index >= 15 is 0 Å². The van der Waals surface area contributed by atoms with Crippen LogP contribution in [0.1, 0.15) is 40.5 Å². The van der Waals surface area contributed by atoms with Crippen molar-refractivity contribution in [1.82, 2.24) is 15.5 Å². The summed E-state index contributed by atoms with van der Waals surface area (Å²) in [6, 6.07) is -0.720. The Morgan fingerprint density at radius 3 is 2.16 bits per heavy atom. The van der Waals surface area contributed by atoms with Crippen LogP contribution in [0.2, 0.25) is 0 Å². The van der Waals surface area contributed by atoms with Crippen molar-refractivity contribution in [3.8, 4) is 0 Å². The molecule has 1 aliphatic rings. The van der Waals surface area contributed by atoms with Crippen LogP contribution in [0.15, 0.2) is 24.4 Å². The summed E-state index contributed by atoms with van der Waals surface area (Å²) in [5.41, 5.74) is 0.569. The minimum absolute atomic E-state index is 0.0172. The van der Waals surface area contributed by atoms with Gasteiger partial charge < -0.3 is 10.6 Å². The van der Waals surface area contributed by atoms with E-state index in [4.69, 9.17) is 0 Å². The average molecular weight is 349 g/mol. The summed E-state index contributed by atoms with van der Waals surface area (Å²) < 4.78 is 0. The number of amides is 3. The number of nitrogens with zero attached hydrogens (tertiary/aromatic N) is 1. The number of hydrogen-bond acceptors (Lipinski definition) is 5. The Morgan fingerprint density at radius 1 is 1.12 bits per heavy atom. The van der Waals surface area contributed by atoms with E-state index in [9.17, 15) is 19.2 Å². The van der Waals surface area contributed by atoms with Crippen LogP contribution in [0.5, 0.6) is 0 Å². The highest BCUT2D eigenvalue weighted by Gasteiger charge is 2.25. The summed E-state index contributed by atoms with van der Waals surface area (Å²) in [6.45, 7) is 11.2. The van der Waals surface area contributed by atoms with E-state index in [0.717, 1.165) is 4.90 Å². The lowest BCUT2D eigenvalue weighted by atomic mass is 10.0. The van der Waals surface area contributed by atoms with Gasteiger partial charge in [-0.25, -0.2) is 0 Å². The first-order valence-electron chi connectivity index (χ1n) is 8.40. The molecule has 1 heterocycles. The van der Waals surface area contributed by atoms with Gasteiger partial charge in [-0.15, -0.1) is 0 Å². The molecule has 7 nitrogen and oxygen atoms in total. The third-order valence-electron chi connectivity index (χ3n) is 3.94. The second-order valence-corrected chi connectivity index (χ2v) is 6.66. The van der Waals surface area contributed by atoms with Crippen LogP contribution in [-0.4, -0.2) is 47.0 Å². The first kappa shape index (κ1) is 20.6. The first-order valence-corrected chi connectivity index (χ1v) is 8.40. The maximum Gasteiger partial charge on any atom is 0.253 e. The molecule has 138 valence electrons. The Balaban J connectivity index is 2.60. The van der Waals surface area contributed by atoms with E-state index in [-0.39, 0.29) is 36.7 Å². The number of ketones is 1. The predicted molar refractivity (Wildman–Crippen MR) is 94.3 cm³/mol. The fourth-order valence-corrected chi connectivity index (χ4v) is 2.37. The van der Waals surface area contributed by atoms with Crippen LogP contribution in [0, 0.1) is 5.92 Å². The van der Waals surface area contributed by atoms with Gasteiger partial charge in [-0.3, -0.25) is 24.1 Å². The molecule has 3 amide bonds. The lowest BCUT2D eigenvalue weighted by molar-refractivity contribution is -0.137. The number of carbonyl (C=O) groups is 4. The first-order chi connectivity index (χ1) is 11.6. The Hall–Kier alpha value is -2.44. The highest BCUT2D eigenvalue weighted by molar-refractivity contribution is 6.13. The molecule has 0 saturated carbocycles. The number of Topliss-reactive ketones (excluding diaryl/α,β-unsaturated/α-hetero) is 1. The Bertz CT molecular complexity index is 577. The molecule has 0 aromatic heterocycles. The normalized spacial score (nSPS) is 16.1. The van der Waals surface area contributed by atoms with Gasteiger partial charge in [0.25, 0.3) is 11.8 Å². The molecule has 0 aliphatic carbocycles. The van der Waals surface area contributed by atoms with Gasteiger partial charge in [0.15, 0.2) is 5.78 Å². The summed E-state index contributed by atoms with van der Waals surface area (Å²) in [5.74, 6) is -0.802. The van der Waals surface area contributed by atoms with Crippen LogP contribution in [0.25, 0.3) is 0 Å². The minimum atomic E-state index is -0.405. The largest absolute Gasteiger partial charge is 0.378 e. The van der Waals surface area contributed by atoms with E-state index in [1.807, 2.05) is 13.8 Å². The van der Waals surface area contributed by atoms with Crippen molar-refractivity contribution >= 4 is 23.5 Å². The molecule has 7 heteroatoms. The maximum absolute atomic E-state index is 12.2. The summed E-state index contributed by atoms with van der Waals surface area (Å²) in [7, 11) is 0. The van der Waals surface area contributed by atoms with Crippen molar-refractivity contribution in [1.29, 1.82) is 0 Å². The number of nitrogens with one attached hydrogen (secondary N) is 2. The number of carbonyl (C=O) groups excluding carboxylic acids is 4. The number of imide groups is 1. The summed E-state index contributed by atoms with van der Waals surface area (Å²) in [4.78, 5) is 47.6. The molecule has 2 atom stereocenters. The Labute approximate surface area is 148 Å². The maximum atomic E-state index is 12.2. The average Bonchev–Trinajstić information content (AvgIpc) is 2.82. The van der Waals surface area contributed by atoms with Crippen LogP contribution in [0.3, 0.4) is 0 Å². The molecule has 0 aromatic carbocycles. The molecule has 2 N–H and O–H groups in total. The van der Waals surface area contributed by atoms with Gasteiger partial charge in [0.1, 0.15) is 0 Å². The fourth-order valence-electron chi connectivity index (χ4n) is 2.37. The predicted octanol–water partition coefficient (Wildman–Crippen LogP) is 0.913. The van der Waals surface area contributed by atoms with Crippen molar-refractivity contribution in [2.75, 3.05) is 6.54 Å². The van der Waals surface area contributed by atoms with Gasteiger partial charge in [0, 0.05) is 30.8 Å². The van der Waals surface area contributed by atoms with Gasteiger partial charge in [-0.05, 0) is 26.2 Å². The monoisotopic (exact) mass is 349 g/mol. The zero-order valence-electron chi connectivity index (χ0n) is 15.3. The van der Waals surface area contributed by atoms with Gasteiger partial charge in [-0.1, -0.05) is 20.4 Å². The summed E-state index contributed by atoms with van der Waals surface area (Å²) in [5, 5.41) is 5.88. The van der Waals surface area contributed by atoms with Gasteiger partial charge in [0.05, 0.1) is 12.1 Å².